The first-order valence-corrected chi connectivity index (χ1v) is 7.55. The van der Waals surface area contributed by atoms with Crippen molar-refractivity contribution in [3.05, 3.63) is 48.9 Å². The van der Waals surface area contributed by atoms with Crippen molar-refractivity contribution in [2.24, 2.45) is 0 Å². The van der Waals surface area contributed by atoms with E-state index in [4.69, 9.17) is 4.42 Å². The predicted molar refractivity (Wildman–Crippen MR) is 86.2 cm³/mol. The monoisotopic (exact) mass is 308 g/mol. The van der Waals surface area contributed by atoms with Crippen molar-refractivity contribution in [1.29, 1.82) is 0 Å². The molecule has 23 heavy (non-hydrogen) atoms. The minimum Gasteiger partial charge on any atom is -0.401 e. The Morgan fingerprint density at radius 1 is 0.870 bits per heavy atom. The number of hydrogen-bond acceptors (Lipinski definition) is 7. The van der Waals surface area contributed by atoms with Crippen LogP contribution in [-0.2, 0) is 0 Å². The van der Waals surface area contributed by atoms with Crippen molar-refractivity contribution < 1.29 is 4.42 Å². The van der Waals surface area contributed by atoms with Gasteiger partial charge in [-0.2, -0.15) is 0 Å². The number of nitrogens with zero attached hydrogens (tertiary/aromatic N) is 6. The molecule has 0 spiro atoms. The van der Waals surface area contributed by atoms with Crippen LogP contribution in [-0.4, -0.2) is 46.3 Å². The zero-order chi connectivity index (χ0) is 15.5. The summed E-state index contributed by atoms with van der Waals surface area (Å²) in [6.45, 7) is 3.54. The van der Waals surface area contributed by atoms with E-state index < -0.39 is 0 Å². The lowest BCUT2D eigenvalue weighted by atomic mass is 10.2. The molecule has 1 aliphatic rings. The van der Waals surface area contributed by atoms with Crippen LogP contribution in [0.2, 0.25) is 0 Å². The molecule has 0 saturated carbocycles. The number of aromatic nitrogens is 4. The summed E-state index contributed by atoms with van der Waals surface area (Å²) in [5.41, 5.74) is 1.84. The molecule has 1 saturated heterocycles. The van der Waals surface area contributed by atoms with E-state index in [-0.39, 0.29) is 0 Å². The maximum absolute atomic E-state index is 5.73. The van der Waals surface area contributed by atoms with E-state index in [0.29, 0.717) is 17.6 Å². The molecular formula is C16H16N6O. The Kier molecular flexibility index (Phi) is 3.59. The van der Waals surface area contributed by atoms with Gasteiger partial charge >= 0.3 is 6.01 Å². The van der Waals surface area contributed by atoms with E-state index in [1.807, 2.05) is 6.07 Å². The Balaban J connectivity index is 1.44. The molecule has 116 valence electrons. The van der Waals surface area contributed by atoms with Gasteiger partial charge in [0.25, 0.3) is 5.89 Å². The summed E-state index contributed by atoms with van der Waals surface area (Å²) in [5, 5.41) is 8.20. The molecule has 0 atom stereocenters. The summed E-state index contributed by atoms with van der Waals surface area (Å²) >= 11 is 0. The van der Waals surface area contributed by atoms with Gasteiger partial charge in [0.2, 0.25) is 0 Å². The van der Waals surface area contributed by atoms with E-state index in [9.17, 15) is 0 Å². The van der Waals surface area contributed by atoms with Gasteiger partial charge in [-0.1, -0.05) is 23.3 Å². The molecule has 1 fully saturated rings. The Morgan fingerprint density at radius 3 is 2.39 bits per heavy atom. The lowest BCUT2D eigenvalue weighted by molar-refractivity contribution is 0.523. The molecule has 0 aliphatic carbocycles. The number of piperazine rings is 1. The average molecular weight is 308 g/mol. The topological polar surface area (TPSA) is 71.2 Å². The normalized spacial score (nSPS) is 15.0. The number of rotatable bonds is 3. The standard InChI is InChI=1S/C16H16N6O/c1-2-4-13(5-3-1)21-8-10-22(11-9-21)16-20-19-15(23-16)14-12-17-6-7-18-14/h1-7,12H,8-11H2. The second-order valence-electron chi connectivity index (χ2n) is 5.29. The second kappa shape index (κ2) is 6.04. The highest BCUT2D eigenvalue weighted by molar-refractivity contribution is 5.49. The van der Waals surface area contributed by atoms with Crippen LogP contribution in [0.25, 0.3) is 11.6 Å². The summed E-state index contributed by atoms with van der Waals surface area (Å²) in [6.07, 6.45) is 4.84. The third kappa shape index (κ3) is 2.85. The molecule has 0 bridgehead atoms. The van der Waals surface area contributed by atoms with E-state index in [2.05, 4.69) is 54.2 Å². The zero-order valence-corrected chi connectivity index (χ0v) is 12.5. The zero-order valence-electron chi connectivity index (χ0n) is 12.5. The molecule has 3 aromatic rings. The van der Waals surface area contributed by atoms with Gasteiger partial charge in [0, 0.05) is 44.3 Å². The first-order valence-electron chi connectivity index (χ1n) is 7.55. The summed E-state index contributed by atoms with van der Waals surface area (Å²) in [5.74, 6) is 0.401. The van der Waals surface area contributed by atoms with Crippen LogP contribution < -0.4 is 9.80 Å². The summed E-state index contributed by atoms with van der Waals surface area (Å²) in [7, 11) is 0. The van der Waals surface area contributed by atoms with Crippen LogP contribution in [0.4, 0.5) is 11.7 Å². The van der Waals surface area contributed by atoms with Crippen LogP contribution >= 0.6 is 0 Å². The number of benzene rings is 1. The number of anilines is 2. The maximum atomic E-state index is 5.73. The van der Waals surface area contributed by atoms with Gasteiger partial charge in [-0.3, -0.25) is 4.98 Å². The van der Waals surface area contributed by atoms with Crippen LogP contribution in [0.5, 0.6) is 0 Å². The Bertz CT molecular complexity index is 753. The highest BCUT2D eigenvalue weighted by Crippen LogP contribution is 2.22. The second-order valence-corrected chi connectivity index (χ2v) is 5.29. The van der Waals surface area contributed by atoms with E-state index >= 15 is 0 Å². The summed E-state index contributed by atoms with van der Waals surface area (Å²) in [4.78, 5) is 12.7. The number of para-hydroxylation sites is 1. The fourth-order valence-electron chi connectivity index (χ4n) is 2.65. The highest BCUT2D eigenvalue weighted by atomic mass is 16.4. The van der Waals surface area contributed by atoms with Gasteiger partial charge in [-0.15, -0.1) is 5.10 Å². The Labute approximate surface area is 133 Å². The average Bonchev–Trinajstić information content (AvgIpc) is 3.14. The fourth-order valence-corrected chi connectivity index (χ4v) is 2.65. The van der Waals surface area contributed by atoms with Crippen molar-refractivity contribution >= 4 is 11.7 Å². The molecule has 2 aromatic heterocycles. The van der Waals surface area contributed by atoms with Crippen LogP contribution in [0, 0.1) is 0 Å². The van der Waals surface area contributed by atoms with E-state index in [0.717, 1.165) is 26.2 Å². The molecule has 0 unspecified atom stereocenters. The molecule has 1 aliphatic heterocycles. The van der Waals surface area contributed by atoms with Crippen molar-refractivity contribution in [3.8, 4) is 11.6 Å². The molecule has 1 aromatic carbocycles. The summed E-state index contributed by atoms with van der Waals surface area (Å²) in [6, 6.07) is 11.0. The molecular weight excluding hydrogens is 292 g/mol. The quantitative estimate of drug-likeness (QED) is 0.731. The Morgan fingerprint density at radius 2 is 1.65 bits per heavy atom. The predicted octanol–water partition coefficient (Wildman–Crippen LogP) is 1.85. The van der Waals surface area contributed by atoms with Gasteiger partial charge in [0.1, 0.15) is 5.69 Å². The lowest BCUT2D eigenvalue weighted by Gasteiger charge is -2.35. The summed E-state index contributed by atoms with van der Waals surface area (Å²) < 4.78 is 5.73. The molecule has 0 amide bonds. The van der Waals surface area contributed by atoms with Gasteiger partial charge in [-0.25, -0.2) is 4.98 Å². The molecule has 4 rings (SSSR count). The Hall–Kier alpha value is -2.96. The fraction of sp³-hybridized carbons (Fsp3) is 0.250. The van der Waals surface area contributed by atoms with Crippen LogP contribution in [0.3, 0.4) is 0 Å². The van der Waals surface area contributed by atoms with E-state index in [1.165, 1.54) is 5.69 Å². The van der Waals surface area contributed by atoms with Crippen LogP contribution in [0.1, 0.15) is 0 Å². The minimum absolute atomic E-state index is 0.401. The van der Waals surface area contributed by atoms with Crippen molar-refractivity contribution in [3.63, 3.8) is 0 Å². The van der Waals surface area contributed by atoms with Crippen molar-refractivity contribution in [2.45, 2.75) is 0 Å². The third-order valence-corrected chi connectivity index (χ3v) is 3.87. The van der Waals surface area contributed by atoms with Crippen molar-refractivity contribution in [2.75, 3.05) is 36.0 Å². The maximum Gasteiger partial charge on any atom is 0.318 e. The molecule has 7 nitrogen and oxygen atoms in total. The van der Waals surface area contributed by atoms with Gasteiger partial charge in [0.15, 0.2) is 0 Å². The minimum atomic E-state index is 0.401. The van der Waals surface area contributed by atoms with Gasteiger partial charge in [0.05, 0.1) is 6.20 Å². The molecule has 3 heterocycles. The lowest BCUT2D eigenvalue weighted by Crippen LogP contribution is -2.46. The molecule has 0 N–H and O–H groups in total. The third-order valence-electron chi connectivity index (χ3n) is 3.87. The SMILES string of the molecule is c1ccc(N2CCN(c3nnc(-c4cnccn4)o3)CC2)cc1. The van der Waals surface area contributed by atoms with E-state index in [1.54, 1.807) is 18.6 Å². The largest absolute Gasteiger partial charge is 0.401 e. The number of hydrogen-bond donors (Lipinski definition) is 0. The van der Waals surface area contributed by atoms with Gasteiger partial charge in [-0.05, 0) is 12.1 Å². The van der Waals surface area contributed by atoms with Gasteiger partial charge < -0.3 is 14.2 Å². The first-order chi connectivity index (χ1) is 11.4. The first kappa shape index (κ1) is 13.7. The highest BCUT2D eigenvalue weighted by Gasteiger charge is 2.22. The van der Waals surface area contributed by atoms with Crippen LogP contribution in [0.15, 0.2) is 53.3 Å². The smallest absolute Gasteiger partial charge is 0.318 e. The van der Waals surface area contributed by atoms with Crippen molar-refractivity contribution in [1.82, 2.24) is 20.2 Å². The molecule has 0 radical (unpaired) electrons. The molecule has 7 heteroatoms.